The van der Waals surface area contributed by atoms with E-state index in [0.717, 1.165) is 17.2 Å². The number of fused-ring (bicyclic) bond motifs is 1. The Morgan fingerprint density at radius 3 is 1.98 bits per heavy atom. The third-order valence-electron chi connectivity index (χ3n) is 15.5. The third-order valence-corrected chi connectivity index (χ3v) is 30.5. The highest BCUT2D eigenvalue weighted by atomic mass is 28.4. The highest BCUT2D eigenvalue weighted by Gasteiger charge is 2.54. The first-order valence-corrected chi connectivity index (χ1v) is 36.1. The van der Waals surface area contributed by atoms with Crippen molar-refractivity contribution in [2.75, 3.05) is 20.5 Å². The molecule has 0 unspecified atom stereocenters. The van der Waals surface area contributed by atoms with Gasteiger partial charge in [0.15, 0.2) is 23.4 Å². The van der Waals surface area contributed by atoms with Gasteiger partial charge in [0.2, 0.25) is 5.91 Å². The van der Waals surface area contributed by atoms with E-state index in [-0.39, 0.29) is 33.9 Å². The van der Waals surface area contributed by atoms with Gasteiger partial charge in [-0.25, -0.2) is 4.79 Å². The summed E-state index contributed by atoms with van der Waals surface area (Å²) in [5.74, 6) is -0.366. The number of hydrogen-bond acceptors (Lipinski definition) is 10. The van der Waals surface area contributed by atoms with Crippen LogP contribution in [0.15, 0.2) is 11.2 Å². The molecular weight excluding hydrogens is 891 g/mol. The molecule has 0 spiro atoms. The standard InChI is InChI=1S/C48H89N3O10Si4/c1-31-33-26-35(58-44(53)41(33)37(60-64(20,21)46(6,7)8)27-34(31)56-30-55-24-25-62(15,16)17)32(2)36(59-63(18,19)45(3,4)5)28-39-48(12,13)40(61-65(22,23)47(9,10)11)29-38(57-39)42(54-14)43(52)50-51-49/h27,32,35-36,38-40,42H,24-26,28-30H2,1-23H3/t32-,35+,36-,38-,39+,40+,42-/m0/s1. The molecule has 2 aliphatic rings. The molecule has 65 heavy (non-hydrogen) atoms. The van der Waals surface area contributed by atoms with Crippen LogP contribution in [0.3, 0.4) is 0 Å². The topological polar surface area (TPSA) is 157 Å². The minimum absolute atomic E-state index is 0.0864. The molecule has 0 radical (unpaired) electrons. The molecule has 0 saturated carbocycles. The van der Waals surface area contributed by atoms with Crippen molar-refractivity contribution >= 4 is 44.9 Å². The van der Waals surface area contributed by atoms with Gasteiger partial charge in [-0.1, -0.05) is 103 Å². The maximum atomic E-state index is 14.6. The molecule has 372 valence electrons. The summed E-state index contributed by atoms with van der Waals surface area (Å²) in [4.78, 5) is 30.6. The lowest BCUT2D eigenvalue weighted by molar-refractivity contribution is -0.207. The number of methoxy groups -OCH3 is 1. The Balaban J connectivity index is 2.19. The number of rotatable bonds is 19. The van der Waals surface area contributed by atoms with Crippen molar-refractivity contribution in [3.63, 3.8) is 0 Å². The first-order valence-electron chi connectivity index (χ1n) is 23.7. The van der Waals surface area contributed by atoms with Crippen LogP contribution >= 0.6 is 0 Å². The fourth-order valence-electron chi connectivity index (χ4n) is 7.54. The van der Waals surface area contributed by atoms with Crippen LogP contribution in [0.2, 0.25) is 80.1 Å². The molecule has 7 atom stereocenters. The number of nitrogens with zero attached hydrogens (tertiary/aromatic N) is 3. The minimum Gasteiger partial charge on any atom is -0.543 e. The second-order valence-electron chi connectivity index (χ2n) is 25.1. The quantitative estimate of drug-likeness (QED) is 0.0249. The number of carbonyl (C=O) groups is 2. The van der Waals surface area contributed by atoms with E-state index < -0.39 is 80.8 Å². The van der Waals surface area contributed by atoms with Gasteiger partial charge in [0, 0.05) is 56.9 Å². The summed E-state index contributed by atoms with van der Waals surface area (Å²) < 4.78 is 53.2. The summed E-state index contributed by atoms with van der Waals surface area (Å²) in [6.07, 6.45) is -2.50. The summed E-state index contributed by atoms with van der Waals surface area (Å²) in [6.45, 7) is 49.2. The Morgan fingerprint density at radius 2 is 1.48 bits per heavy atom. The highest BCUT2D eigenvalue weighted by Crippen LogP contribution is 2.49. The molecule has 13 nitrogen and oxygen atoms in total. The maximum Gasteiger partial charge on any atom is 0.342 e. The van der Waals surface area contributed by atoms with Crippen LogP contribution in [-0.2, 0) is 39.0 Å². The third kappa shape index (κ3) is 14.0. The average molecular weight is 981 g/mol. The normalized spacial score (nSPS) is 22.5. The minimum atomic E-state index is -2.48. The molecule has 0 bridgehead atoms. The second kappa shape index (κ2) is 20.9. The predicted octanol–water partition coefficient (Wildman–Crippen LogP) is 13.0. The van der Waals surface area contributed by atoms with E-state index >= 15 is 0 Å². The van der Waals surface area contributed by atoms with E-state index in [0.29, 0.717) is 42.9 Å². The van der Waals surface area contributed by atoms with Crippen LogP contribution in [0, 0.1) is 18.3 Å². The molecule has 2 aliphatic heterocycles. The molecule has 0 aliphatic carbocycles. The van der Waals surface area contributed by atoms with E-state index in [1.165, 1.54) is 7.11 Å². The van der Waals surface area contributed by atoms with Crippen LogP contribution < -0.4 is 9.16 Å². The molecule has 3 rings (SSSR count). The molecule has 1 fully saturated rings. The molecule has 1 aromatic rings. The lowest BCUT2D eigenvalue weighted by Gasteiger charge is -2.53. The Hall–Kier alpha value is -2.06. The zero-order valence-corrected chi connectivity index (χ0v) is 48.8. The number of benzene rings is 1. The van der Waals surface area contributed by atoms with Crippen LogP contribution in [-0.4, -0.2) is 102 Å². The monoisotopic (exact) mass is 980 g/mol. The van der Waals surface area contributed by atoms with Gasteiger partial charge in [0.1, 0.15) is 29.3 Å². The van der Waals surface area contributed by atoms with E-state index in [1.54, 1.807) is 0 Å². The van der Waals surface area contributed by atoms with Crippen LogP contribution in [0.5, 0.6) is 11.5 Å². The number of ether oxygens (including phenoxy) is 5. The molecule has 1 saturated heterocycles. The first kappa shape index (κ1) is 57.3. The lowest BCUT2D eigenvalue weighted by atomic mass is 9.72. The fraction of sp³-hybridized carbons (Fsp3) is 0.833. The van der Waals surface area contributed by atoms with Gasteiger partial charge in [0.25, 0.3) is 8.32 Å². The van der Waals surface area contributed by atoms with Crippen molar-refractivity contribution in [3.8, 4) is 11.5 Å². The number of amides is 1. The van der Waals surface area contributed by atoms with E-state index in [1.807, 2.05) is 13.0 Å². The van der Waals surface area contributed by atoms with Gasteiger partial charge in [-0.15, -0.1) is 0 Å². The number of hydrogen-bond donors (Lipinski definition) is 0. The SMILES string of the molecule is CO[C@H](C(=O)N=[N+]=[N-])[C@@H]1C[C@@H](O[Si](C)(C)C(C)(C)C)C(C)(C)[C@@H](C[C@H](O[Si](C)(C)C(C)(C)C)[C@@H](C)[C@H]2Cc3c(C)c(OCOCC[Si](C)(C)C)cc(O[Si](C)(C)C(C)(C)C)c3C(=O)O2)O1. The summed E-state index contributed by atoms with van der Waals surface area (Å²) >= 11 is 0. The van der Waals surface area contributed by atoms with Gasteiger partial charge in [-0.05, 0) is 95.6 Å². The van der Waals surface area contributed by atoms with Gasteiger partial charge in [-0.3, -0.25) is 4.79 Å². The Morgan fingerprint density at radius 1 is 0.908 bits per heavy atom. The Labute approximate surface area is 397 Å². The lowest BCUT2D eigenvalue weighted by Crippen LogP contribution is -2.60. The Bertz CT molecular complexity index is 1870. The van der Waals surface area contributed by atoms with Crippen LogP contribution in [0.25, 0.3) is 10.4 Å². The first-order chi connectivity index (χ1) is 29.3. The van der Waals surface area contributed by atoms with Gasteiger partial charge < -0.3 is 37.0 Å². The number of carbonyl (C=O) groups excluding carboxylic acids is 2. The molecule has 1 aromatic carbocycles. The van der Waals surface area contributed by atoms with Gasteiger partial charge >= 0.3 is 5.97 Å². The van der Waals surface area contributed by atoms with E-state index in [4.69, 9.17) is 37.0 Å². The molecule has 0 aromatic heterocycles. The number of azide groups is 1. The maximum absolute atomic E-state index is 14.6. The molecule has 0 N–H and O–H groups in total. The van der Waals surface area contributed by atoms with Crippen molar-refractivity contribution in [2.45, 2.75) is 226 Å². The highest BCUT2D eigenvalue weighted by molar-refractivity contribution is 6.76. The largest absolute Gasteiger partial charge is 0.543 e. The number of cyclic esters (lactones) is 1. The molecule has 17 heteroatoms. The molecular formula is C48H89N3O10Si4. The van der Waals surface area contributed by atoms with Crippen molar-refractivity contribution in [2.24, 2.45) is 16.4 Å². The Kier molecular flexibility index (Phi) is 18.4. The average Bonchev–Trinajstić information content (AvgIpc) is 3.12. The van der Waals surface area contributed by atoms with Gasteiger partial charge in [0.05, 0.1) is 24.4 Å². The smallest absolute Gasteiger partial charge is 0.342 e. The zero-order valence-electron chi connectivity index (χ0n) is 44.8. The summed E-state index contributed by atoms with van der Waals surface area (Å²) in [6, 6.07) is 2.88. The van der Waals surface area contributed by atoms with Crippen molar-refractivity contribution < 1.29 is 46.6 Å². The summed E-state index contributed by atoms with van der Waals surface area (Å²) in [5, 5.41) is 3.07. The van der Waals surface area contributed by atoms with Gasteiger partial charge in [-0.2, -0.15) is 0 Å². The second-order valence-corrected chi connectivity index (χ2v) is 45.0. The van der Waals surface area contributed by atoms with Crippen molar-refractivity contribution in [1.82, 2.24) is 0 Å². The van der Waals surface area contributed by atoms with Crippen LogP contribution in [0.4, 0.5) is 0 Å². The summed E-state index contributed by atoms with van der Waals surface area (Å²) in [5.41, 5.74) is 10.8. The zero-order chi connectivity index (χ0) is 50.1. The predicted molar refractivity (Wildman–Crippen MR) is 271 cm³/mol. The van der Waals surface area contributed by atoms with Crippen LogP contribution in [0.1, 0.15) is 117 Å². The van der Waals surface area contributed by atoms with E-state index in [9.17, 15) is 15.1 Å². The summed E-state index contributed by atoms with van der Waals surface area (Å²) in [7, 11) is -7.11. The molecule has 1 amide bonds. The van der Waals surface area contributed by atoms with E-state index in [2.05, 4.69) is 152 Å². The van der Waals surface area contributed by atoms with Crippen molar-refractivity contribution in [3.05, 3.63) is 33.2 Å². The molecule has 2 heterocycles. The fourth-order valence-corrected chi connectivity index (χ4v) is 12.2. The number of esters is 1. The van der Waals surface area contributed by atoms with Crippen molar-refractivity contribution in [1.29, 1.82) is 0 Å².